The number of hydrogen-bond donors (Lipinski definition) is 0. The van der Waals surface area contributed by atoms with Crippen LogP contribution in [0.25, 0.3) is 16.5 Å². The summed E-state index contributed by atoms with van der Waals surface area (Å²) >= 11 is 0. The molecule has 2 aromatic carbocycles. The number of carbonyl (C=O) groups is 2. The Morgan fingerprint density at radius 1 is 1.03 bits per heavy atom. The van der Waals surface area contributed by atoms with E-state index in [0.29, 0.717) is 27.7 Å². The zero-order chi connectivity index (χ0) is 25.3. The Morgan fingerprint density at radius 2 is 1.69 bits per heavy atom. The average Bonchev–Trinajstić information content (AvgIpc) is 3.13. The first-order valence-electron chi connectivity index (χ1n) is 10.6. The van der Waals surface area contributed by atoms with Crippen LogP contribution >= 0.6 is 0 Å². The number of alkyl halides is 2. The van der Waals surface area contributed by atoms with Crippen LogP contribution < -0.4 is 10.3 Å². The zero-order valence-corrected chi connectivity index (χ0v) is 19.1. The van der Waals surface area contributed by atoms with Crippen LogP contribution in [-0.4, -0.2) is 39.3 Å². The van der Waals surface area contributed by atoms with E-state index in [1.165, 1.54) is 19.2 Å². The smallest absolute Gasteiger partial charge is 0.387 e. The fraction of sp³-hybridized carbons (Fsp3) is 0.200. The summed E-state index contributed by atoms with van der Waals surface area (Å²) in [5, 5.41) is 4.66. The first-order valence-corrected chi connectivity index (χ1v) is 10.6. The largest absolute Gasteiger partial charge is 0.452 e. The summed E-state index contributed by atoms with van der Waals surface area (Å²) in [6, 6.07) is 14.2. The fourth-order valence-corrected chi connectivity index (χ4v) is 3.95. The molecule has 0 aliphatic rings. The summed E-state index contributed by atoms with van der Waals surface area (Å²) in [5.74, 6) is -1.23. The maximum Gasteiger partial charge on any atom is 0.387 e. The molecule has 2 heterocycles. The van der Waals surface area contributed by atoms with Crippen LogP contribution in [0.2, 0.25) is 0 Å². The molecule has 0 saturated carbocycles. The molecule has 4 aromatic rings. The van der Waals surface area contributed by atoms with E-state index in [1.54, 1.807) is 60.9 Å². The summed E-state index contributed by atoms with van der Waals surface area (Å²) in [4.78, 5) is 37.9. The van der Waals surface area contributed by atoms with E-state index < -0.39 is 25.0 Å². The van der Waals surface area contributed by atoms with Gasteiger partial charge in [0, 0.05) is 35.1 Å². The summed E-state index contributed by atoms with van der Waals surface area (Å²) < 4.78 is 37.2. The van der Waals surface area contributed by atoms with E-state index >= 15 is 0 Å². The van der Waals surface area contributed by atoms with Gasteiger partial charge in [0.25, 0.3) is 5.56 Å². The van der Waals surface area contributed by atoms with Gasteiger partial charge < -0.3 is 14.0 Å². The molecule has 0 amide bonds. The number of carbonyl (C=O) groups excluding carboxylic acids is 2. The number of hydrogen-bond acceptors (Lipinski definition) is 6. The lowest BCUT2D eigenvalue weighted by Crippen LogP contribution is -2.24. The van der Waals surface area contributed by atoms with Crippen molar-refractivity contribution in [3.8, 4) is 11.4 Å². The Labute approximate surface area is 198 Å². The number of ketones is 1. The Balaban J connectivity index is 1.54. The second kappa shape index (κ2) is 9.49. The molecule has 0 aliphatic carbocycles. The highest BCUT2D eigenvalue weighted by atomic mass is 19.3. The van der Waals surface area contributed by atoms with E-state index in [9.17, 15) is 23.2 Å². The predicted molar refractivity (Wildman–Crippen MR) is 123 cm³/mol. The van der Waals surface area contributed by atoms with Crippen molar-refractivity contribution in [3.63, 3.8) is 0 Å². The average molecular weight is 481 g/mol. The molecule has 8 nitrogen and oxygen atoms in total. The van der Waals surface area contributed by atoms with Gasteiger partial charge in [-0.2, -0.15) is 13.9 Å². The molecule has 0 spiro atoms. The maximum absolute atomic E-state index is 12.9. The van der Waals surface area contributed by atoms with Gasteiger partial charge in [-0.1, -0.05) is 18.2 Å². The van der Waals surface area contributed by atoms with Crippen molar-refractivity contribution in [1.29, 1.82) is 0 Å². The SMILES string of the molecule is Cc1cc(C(=O)COC(=O)c2nn(C)c(=O)c3ccccc23)c(C)n1-c1ccc(OC(F)F)cc1. The van der Waals surface area contributed by atoms with Crippen molar-refractivity contribution < 1.29 is 27.8 Å². The van der Waals surface area contributed by atoms with Crippen LogP contribution in [0.3, 0.4) is 0 Å². The number of aryl methyl sites for hydroxylation is 2. The van der Waals surface area contributed by atoms with Gasteiger partial charge in [0.05, 0.1) is 5.39 Å². The molecule has 0 atom stereocenters. The second-order valence-corrected chi connectivity index (χ2v) is 7.81. The van der Waals surface area contributed by atoms with Crippen molar-refractivity contribution in [2.24, 2.45) is 7.05 Å². The Hall–Kier alpha value is -4.34. The molecule has 0 N–H and O–H groups in total. The number of fused-ring (bicyclic) bond motifs is 1. The Morgan fingerprint density at radius 3 is 2.34 bits per heavy atom. The number of aromatic nitrogens is 3. The molecule has 0 bridgehead atoms. The van der Waals surface area contributed by atoms with Gasteiger partial charge in [-0.05, 0) is 50.2 Å². The van der Waals surface area contributed by atoms with Gasteiger partial charge >= 0.3 is 12.6 Å². The van der Waals surface area contributed by atoms with Crippen LogP contribution in [0.5, 0.6) is 5.75 Å². The third-order valence-electron chi connectivity index (χ3n) is 5.54. The molecular formula is C25H21F2N3O5. The van der Waals surface area contributed by atoms with Crippen molar-refractivity contribution in [2.75, 3.05) is 6.61 Å². The number of esters is 1. The minimum atomic E-state index is -2.92. The molecule has 10 heteroatoms. The standard InChI is InChI=1S/C25H21F2N3O5/c1-14-12-20(15(2)30(14)16-8-10-17(11-9-16)35-25(26)27)21(31)13-34-24(33)22-18-6-4-5-7-19(18)23(32)29(3)28-22/h4-12,25H,13H2,1-3H3. The molecule has 0 fully saturated rings. The van der Waals surface area contributed by atoms with Crippen molar-refractivity contribution in [2.45, 2.75) is 20.5 Å². The van der Waals surface area contributed by atoms with Gasteiger partial charge in [-0.15, -0.1) is 0 Å². The molecule has 0 radical (unpaired) electrons. The van der Waals surface area contributed by atoms with E-state index in [1.807, 2.05) is 0 Å². The molecular weight excluding hydrogens is 460 g/mol. The van der Waals surface area contributed by atoms with Gasteiger partial charge in [0.2, 0.25) is 5.78 Å². The van der Waals surface area contributed by atoms with E-state index in [0.717, 1.165) is 10.4 Å². The van der Waals surface area contributed by atoms with E-state index in [4.69, 9.17) is 4.74 Å². The highest BCUT2D eigenvalue weighted by Crippen LogP contribution is 2.24. The van der Waals surface area contributed by atoms with Gasteiger partial charge in [0.1, 0.15) is 5.75 Å². The van der Waals surface area contributed by atoms with Crippen LogP contribution in [0.1, 0.15) is 32.2 Å². The zero-order valence-electron chi connectivity index (χ0n) is 19.1. The molecule has 4 rings (SSSR count). The highest BCUT2D eigenvalue weighted by Gasteiger charge is 2.21. The fourth-order valence-electron chi connectivity index (χ4n) is 3.95. The van der Waals surface area contributed by atoms with Crippen LogP contribution in [0, 0.1) is 13.8 Å². The molecule has 180 valence electrons. The van der Waals surface area contributed by atoms with Crippen LogP contribution in [0.15, 0.2) is 59.4 Å². The van der Waals surface area contributed by atoms with Crippen molar-refractivity contribution in [3.05, 3.63) is 87.6 Å². The molecule has 0 aliphatic heterocycles. The normalized spacial score (nSPS) is 11.1. The number of rotatable bonds is 7. The van der Waals surface area contributed by atoms with Crippen LogP contribution in [0.4, 0.5) is 8.78 Å². The van der Waals surface area contributed by atoms with E-state index in [-0.39, 0.29) is 17.0 Å². The lowest BCUT2D eigenvalue weighted by atomic mass is 10.1. The summed E-state index contributed by atoms with van der Waals surface area (Å²) in [6.07, 6.45) is 0. The third-order valence-corrected chi connectivity index (χ3v) is 5.54. The Kier molecular flexibility index (Phi) is 6.46. The maximum atomic E-state index is 12.9. The number of halogens is 2. The highest BCUT2D eigenvalue weighted by molar-refractivity contribution is 6.04. The predicted octanol–water partition coefficient (Wildman–Crippen LogP) is 3.98. The molecule has 2 aromatic heterocycles. The Bertz CT molecular complexity index is 1490. The number of Topliss-reactive ketones (excluding diaryl/α,β-unsaturated/α-hetero) is 1. The lowest BCUT2D eigenvalue weighted by Gasteiger charge is -2.11. The second-order valence-electron chi connectivity index (χ2n) is 7.81. The first kappa shape index (κ1) is 23.8. The van der Waals surface area contributed by atoms with Gasteiger partial charge in [-0.25, -0.2) is 9.48 Å². The third kappa shape index (κ3) is 4.68. The molecule has 0 saturated heterocycles. The quantitative estimate of drug-likeness (QED) is 0.293. The number of benzene rings is 2. The monoisotopic (exact) mass is 481 g/mol. The summed E-state index contributed by atoms with van der Waals surface area (Å²) in [7, 11) is 1.43. The van der Waals surface area contributed by atoms with Crippen molar-refractivity contribution in [1.82, 2.24) is 14.3 Å². The minimum absolute atomic E-state index is 0.0222. The van der Waals surface area contributed by atoms with Gasteiger partial charge in [-0.3, -0.25) is 9.59 Å². The number of nitrogens with zero attached hydrogens (tertiary/aromatic N) is 3. The summed E-state index contributed by atoms with van der Waals surface area (Å²) in [6.45, 7) is 0.0771. The topological polar surface area (TPSA) is 92.4 Å². The first-order chi connectivity index (χ1) is 16.7. The molecule has 0 unspecified atom stereocenters. The lowest BCUT2D eigenvalue weighted by molar-refractivity contribution is -0.0498. The molecule has 35 heavy (non-hydrogen) atoms. The summed E-state index contributed by atoms with van der Waals surface area (Å²) in [5.41, 5.74) is 1.91. The minimum Gasteiger partial charge on any atom is -0.452 e. The van der Waals surface area contributed by atoms with Crippen molar-refractivity contribution >= 4 is 22.5 Å². The van der Waals surface area contributed by atoms with Crippen LogP contribution in [-0.2, 0) is 11.8 Å². The van der Waals surface area contributed by atoms with Gasteiger partial charge in [0.15, 0.2) is 12.3 Å². The number of ether oxygens (including phenoxy) is 2. The van der Waals surface area contributed by atoms with E-state index in [2.05, 4.69) is 9.84 Å².